The molecule has 0 aromatic heterocycles. The van der Waals surface area contributed by atoms with E-state index < -0.39 is 0 Å². The fraction of sp³-hybridized carbons (Fsp3) is 0.682. The summed E-state index contributed by atoms with van der Waals surface area (Å²) in [5, 5.41) is 0. The van der Waals surface area contributed by atoms with Gasteiger partial charge in [0.1, 0.15) is 0 Å². The largest absolute Gasteiger partial charge is 0.463 e. The van der Waals surface area contributed by atoms with Gasteiger partial charge in [0.25, 0.3) is 0 Å². The van der Waals surface area contributed by atoms with Crippen LogP contribution in [0.15, 0.2) is 24.3 Å². The van der Waals surface area contributed by atoms with E-state index in [0.717, 1.165) is 12.0 Å². The van der Waals surface area contributed by atoms with Crippen molar-refractivity contribution < 1.29 is 9.53 Å². The molecule has 0 atom stereocenters. The summed E-state index contributed by atoms with van der Waals surface area (Å²) in [5.41, 5.74) is 2.41. The van der Waals surface area contributed by atoms with Gasteiger partial charge in [0.05, 0.1) is 12.5 Å². The highest BCUT2D eigenvalue weighted by molar-refractivity contribution is 5.72. The van der Waals surface area contributed by atoms with Gasteiger partial charge < -0.3 is 4.74 Å². The van der Waals surface area contributed by atoms with Crippen molar-refractivity contribution in [2.24, 2.45) is 0 Å². The molecular weight excluding hydrogens is 296 g/mol. The van der Waals surface area contributed by atoms with Crippen molar-refractivity contribution in [2.75, 3.05) is 0 Å². The molecule has 0 N–H and O–H groups in total. The number of rotatable bonds is 13. The van der Waals surface area contributed by atoms with Gasteiger partial charge in [0.15, 0.2) is 0 Å². The molecule has 0 aliphatic carbocycles. The number of benzene rings is 1. The Morgan fingerprint density at radius 2 is 1.33 bits per heavy atom. The molecule has 0 saturated carbocycles. The lowest BCUT2D eigenvalue weighted by atomic mass is 10.0. The molecule has 0 radical (unpaired) electrons. The molecule has 1 aromatic carbocycles. The monoisotopic (exact) mass is 332 g/mol. The third-order valence-electron chi connectivity index (χ3n) is 4.31. The lowest BCUT2D eigenvalue weighted by Gasteiger charge is -2.08. The first-order valence-electron chi connectivity index (χ1n) is 9.89. The number of carbonyl (C=O) groups excluding carboxylic acids is 1. The van der Waals surface area contributed by atoms with E-state index in [9.17, 15) is 4.79 Å². The highest BCUT2D eigenvalue weighted by Gasteiger charge is 2.06. The van der Waals surface area contributed by atoms with Crippen LogP contribution >= 0.6 is 0 Å². The second kappa shape index (κ2) is 13.0. The van der Waals surface area contributed by atoms with E-state index in [-0.39, 0.29) is 12.1 Å². The zero-order valence-electron chi connectivity index (χ0n) is 16.0. The molecule has 0 aliphatic heterocycles. The second-order valence-corrected chi connectivity index (χ2v) is 7.11. The summed E-state index contributed by atoms with van der Waals surface area (Å²) in [6.45, 7) is 6.03. The highest BCUT2D eigenvalue weighted by atomic mass is 16.5. The molecule has 0 aliphatic rings. The zero-order valence-corrected chi connectivity index (χ0v) is 16.0. The molecule has 2 nitrogen and oxygen atoms in total. The summed E-state index contributed by atoms with van der Waals surface area (Å²) in [7, 11) is 0. The van der Waals surface area contributed by atoms with Crippen molar-refractivity contribution in [3.8, 4) is 0 Å². The third-order valence-corrected chi connectivity index (χ3v) is 4.31. The predicted octanol–water partition coefficient (Wildman–Crippen LogP) is 6.25. The van der Waals surface area contributed by atoms with Gasteiger partial charge in [0.2, 0.25) is 0 Å². The molecule has 136 valence electrons. The van der Waals surface area contributed by atoms with E-state index in [1.54, 1.807) is 0 Å². The summed E-state index contributed by atoms with van der Waals surface area (Å²) < 4.78 is 5.18. The molecule has 1 rings (SSSR count). The predicted molar refractivity (Wildman–Crippen MR) is 102 cm³/mol. The Labute approximate surface area is 149 Å². The van der Waals surface area contributed by atoms with Crippen LogP contribution in [0, 0.1) is 0 Å². The maximum Gasteiger partial charge on any atom is 0.310 e. The first-order valence-corrected chi connectivity index (χ1v) is 9.89. The molecule has 0 saturated heterocycles. The Balaban J connectivity index is 2.11. The van der Waals surface area contributed by atoms with Crippen LogP contribution in [0.4, 0.5) is 0 Å². The van der Waals surface area contributed by atoms with Crippen molar-refractivity contribution in [2.45, 2.75) is 97.5 Å². The minimum absolute atomic E-state index is 0.0385. The number of unbranched alkanes of at least 4 members (excludes halogenated alkanes) is 8. The van der Waals surface area contributed by atoms with Crippen LogP contribution in [0.2, 0.25) is 0 Å². The highest BCUT2D eigenvalue weighted by Crippen LogP contribution is 2.13. The van der Waals surface area contributed by atoms with Gasteiger partial charge in [-0.2, -0.15) is 0 Å². The van der Waals surface area contributed by atoms with Crippen molar-refractivity contribution >= 4 is 5.97 Å². The fourth-order valence-electron chi connectivity index (χ4n) is 2.93. The molecule has 0 bridgehead atoms. The number of esters is 1. The molecule has 1 aromatic rings. The number of ether oxygens (including phenoxy) is 1. The lowest BCUT2D eigenvalue weighted by molar-refractivity contribution is -0.146. The lowest BCUT2D eigenvalue weighted by Crippen LogP contribution is -2.13. The smallest absolute Gasteiger partial charge is 0.310 e. The van der Waals surface area contributed by atoms with Crippen LogP contribution in [0.1, 0.15) is 89.7 Å². The van der Waals surface area contributed by atoms with Crippen LogP contribution in [-0.2, 0) is 22.4 Å². The number of carbonyl (C=O) groups is 1. The second-order valence-electron chi connectivity index (χ2n) is 7.11. The average molecular weight is 333 g/mol. The topological polar surface area (TPSA) is 26.3 Å². The summed E-state index contributed by atoms with van der Waals surface area (Å²) in [6.07, 6.45) is 13.8. The Bertz CT molecular complexity index is 434. The van der Waals surface area contributed by atoms with Gasteiger partial charge in [-0.3, -0.25) is 4.79 Å². The minimum Gasteiger partial charge on any atom is -0.463 e. The van der Waals surface area contributed by atoms with E-state index in [0.29, 0.717) is 6.42 Å². The normalized spacial score (nSPS) is 11.0. The summed E-state index contributed by atoms with van der Waals surface area (Å²) in [5.74, 6) is -0.142. The molecule has 24 heavy (non-hydrogen) atoms. The fourth-order valence-corrected chi connectivity index (χ4v) is 2.93. The van der Waals surface area contributed by atoms with Gasteiger partial charge in [-0.1, -0.05) is 82.6 Å². The Kier molecular flexibility index (Phi) is 11.3. The van der Waals surface area contributed by atoms with E-state index >= 15 is 0 Å². The molecular formula is C22H36O2. The minimum atomic E-state index is -0.142. The zero-order chi connectivity index (χ0) is 17.6. The number of hydrogen-bond donors (Lipinski definition) is 0. The molecule has 0 amide bonds. The summed E-state index contributed by atoms with van der Waals surface area (Å²) >= 11 is 0. The van der Waals surface area contributed by atoms with E-state index in [1.165, 1.54) is 63.4 Å². The van der Waals surface area contributed by atoms with E-state index in [4.69, 9.17) is 4.74 Å². The molecule has 0 fully saturated rings. The van der Waals surface area contributed by atoms with Crippen LogP contribution in [-0.4, -0.2) is 12.1 Å². The Morgan fingerprint density at radius 3 is 1.88 bits per heavy atom. The molecule has 2 heteroatoms. The van der Waals surface area contributed by atoms with Gasteiger partial charge in [-0.25, -0.2) is 0 Å². The van der Waals surface area contributed by atoms with Crippen molar-refractivity contribution in [3.05, 3.63) is 35.4 Å². The summed E-state index contributed by atoms with van der Waals surface area (Å²) in [6, 6.07) is 8.43. The maximum atomic E-state index is 11.6. The first kappa shape index (κ1) is 20.7. The van der Waals surface area contributed by atoms with Crippen molar-refractivity contribution in [1.29, 1.82) is 0 Å². The average Bonchev–Trinajstić information content (AvgIpc) is 2.54. The summed E-state index contributed by atoms with van der Waals surface area (Å²) in [4.78, 5) is 11.6. The Hall–Kier alpha value is -1.31. The molecule has 0 heterocycles. The molecule has 0 unspecified atom stereocenters. The number of aryl methyl sites for hydroxylation is 1. The number of hydrogen-bond acceptors (Lipinski definition) is 2. The quantitative estimate of drug-likeness (QED) is 0.315. The van der Waals surface area contributed by atoms with E-state index in [1.807, 2.05) is 13.8 Å². The van der Waals surface area contributed by atoms with Crippen molar-refractivity contribution in [3.63, 3.8) is 0 Å². The Morgan fingerprint density at radius 1 is 0.833 bits per heavy atom. The van der Waals surface area contributed by atoms with Gasteiger partial charge in [-0.15, -0.1) is 0 Å². The van der Waals surface area contributed by atoms with Crippen LogP contribution < -0.4 is 0 Å². The standard InChI is InChI=1S/C22H36O2/c1-4-5-6-7-8-9-10-11-12-13-20-14-16-21(17-15-20)18-22(23)24-19(2)3/h14-17,19H,4-13,18H2,1-3H3. The van der Waals surface area contributed by atoms with Crippen LogP contribution in [0.25, 0.3) is 0 Å². The van der Waals surface area contributed by atoms with E-state index in [2.05, 4.69) is 31.2 Å². The third kappa shape index (κ3) is 10.5. The van der Waals surface area contributed by atoms with Crippen LogP contribution in [0.3, 0.4) is 0 Å². The van der Waals surface area contributed by atoms with Crippen molar-refractivity contribution in [1.82, 2.24) is 0 Å². The van der Waals surface area contributed by atoms with Gasteiger partial charge in [-0.05, 0) is 37.8 Å². The maximum absolute atomic E-state index is 11.6. The molecule has 0 spiro atoms. The van der Waals surface area contributed by atoms with Gasteiger partial charge >= 0.3 is 5.97 Å². The van der Waals surface area contributed by atoms with Crippen LogP contribution in [0.5, 0.6) is 0 Å². The first-order chi connectivity index (χ1) is 11.6. The SMILES string of the molecule is CCCCCCCCCCCc1ccc(CC(=O)OC(C)C)cc1. The van der Waals surface area contributed by atoms with Gasteiger partial charge in [0, 0.05) is 0 Å².